The molecule has 5 nitrogen and oxygen atoms in total. The summed E-state index contributed by atoms with van der Waals surface area (Å²) in [6, 6.07) is 26.3. The van der Waals surface area contributed by atoms with Crippen LogP contribution in [0, 0.1) is 0 Å². The molecule has 0 bridgehead atoms. The van der Waals surface area contributed by atoms with Crippen molar-refractivity contribution in [3.8, 4) is 11.5 Å². The van der Waals surface area contributed by atoms with Gasteiger partial charge in [0.05, 0.1) is 0 Å². The van der Waals surface area contributed by atoms with E-state index in [9.17, 15) is 0 Å². The summed E-state index contributed by atoms with van der Waals surface area (Å²) < 4.78 is 23.4. The van der Waals surface area contributed by atoms with E-state index in [-0.39, 0.29) is 6.29 Å². The van der Waals surface area contributed by atoms with E-state index in [2.05, 4.69) is 29.6 Å². The zero-order chi connectivity index (χ0) is 22.4. The zero-order valence-corrected chi connectivity index (χ0v) is 19.0. The van der Waals surface area contributed by atoms with Crippen molar-refractivity contribution in [3.05, 3.63) is 95.6 Å². The molecule has 0 aliphatic rings. The van der Waals surface area contributed by atoms with E-state index in [1.54, 1.807) is 0 Å². The molecule has 0 aromatic heterocycles. The molecule has 0 atom stereocenters. The van der Waals surface area contributed by atoms with Gasteiger partial charge >= 0.3 is 0 Å². The number of hydrogen-bond donors (Lipinski definition) is 1. The lowest BCUT2D eigenvalue weighted by Crippen LogP contribution is -2.31. The smallest absolute Gasteiger partial charge is 0.169 e. The average molecular weight is 436 g/mol. The number of benzene rings is 3. The first-order chi connectivity index (χ1) is 15.8. The van der Waals surface area contributed by atoms with Crippen LogP contribution in [0.4, 0.5) is 0 Å². The Hall–Kier alpha value is -2.86. The predicted octanol–water partition coefficient (Wildman–Crippen LogP) is 5.33. The Kier molecular flexibility index (Phi) is 10.1. The van der Waals surface area contributed by atoms with E-state index in [1.807, 2.05) is 68.4 Å². The van der Waals surface area contributed by atoms with Gasteiger partial charge in [0.15, 0.2) is 6.29 Å². The second-order valence-electron chi connectivity index (χ2n) is 7.33. The molecule has 0 saturated heterocycles. The highest BCUT2D eigenvalue weighted by Gasteiger charge is 2.09. The lowest BCUT2D eigenvalue weighted by Gasteiger charge is -2.18. The van der Waals surface area contributed by atoms with Crippen LogP contribution in [-0.2, 0) is 29.2 Å². The number of nitrogens with one attached hydrogen (secondary N) is 1. The Morgan fingerprint density at radius 1 is 0.656 bits per heavy atom. The summed E-state index contributed by atoms with van der Waals surface area (Å²) in [6.07, 6.45) is -0.253. The topological polar surface area (TPSA) is 49.0 Å². The van der Waals surface area contributed by atoms with Gasteiger partial charge < -0.3 is 24.3 Å². The van der Waals surface area contributed by atoms with Gasteiger partial charge in [0.2, 0.25) is 0 Å². The molecule has 170 valence electrons. The standard InChI is InChI=1S/C27H33NO4/c1-3-29-27(30-4-2)19-28-18-24-15-25(31-20-22-11-7-5-8-12-22)17-26(16-24)32-21-23-13-9-6-10-14-23/h5-17,27-28H,3-4,18-21H2,1-2H3. The maximum Gasteiger partial charge on any atom is 0.169 e. The van der Waals surface area contributed by atoms with Crippen molar-refractivity contribution in [2.45, 2.75) is 39.9 Å². The lowest BCUT2D eigenvalue weighted by molar-refractivity contribution is -0.133. The van der Waals surface area contributed by atoms with E-state index in [4.69, 9.17) is 18.9 Å². The van der Waals surface area contributed by atoms with E-state index in [0.717, 1.165) is 28.2 Å². The van der Waals surface area contributed by atoms with Crippen LogP contribution in [0.5, 0.6) is 11.5 Å². The molecule has 5 heteroatoms. The summed E-state index contributed by atoms with van der Waals surface area (Å²) >= 11 is 0. The minimum Gasteiger partial charge on any atom is -0.489 e. The molecule has 0 radical (unpaired) electrons. The minimum atomic E-state index is -0.253. The van der Waals surface area contributed by atoms with Crippen LogP contribution in [-0.4, -0.2) is 26.0 Å². The van der Waals surface area contributed by atoms with Gasteiger partial charge in [0.1, 0.15) is 24.7 Å². The van der Waals surface area contributed by atoms with Gasteiger partial charge in [-0.3, -0.25) is 0 Å². The van der Waals surface area contributed by atoms with E-state index < -0.39 is 0 Å². The van der Waals surface area contributed by atoms with Gasteiger partial charge in [0.25, 0.3) is 0 Å². The highest BCUT2D eigenvalue weighted by Crippen LogP contribution is 2.25. The summed E-state index contributed by atoms with van der Waals surface area (Å²) in [5.41, 5.74) is 3.32. The van der Waals surface area contributed by atoms with Crippen molar-refractivity contribution >= 4 is 0 Å². The zero-order valence-electron chi connectivity index (χ0n) is 19.0. The molecule has 0 amide bonds. The van der Waals surface area contributed by atoms with Crippen LogP contribution < -0.4 is 14.8 Å². The van der Waals surface area contributed by atoms with Crippen molar-refractivity contribution in [1.29, 1.82) is 0 Å². The molecule has 3 rings (SSSR count). The molecule has 0 aliphatic heterocycles. The first kappa shape index (κ1) is 23.8. The maximum atomic E-state index is 6.07. The van der Waals surface area contributed by atoms with Gasteiger partial charge in [0, 0.05) is 32.4 Å². The summed E-state index contributed by atoms with van der Waals surface area (Å²) in [7, 11) is 0. The van der Waals surface area contributed by atoms with Crippen LogP contribution in [0.25, 0.3) is 0 Å². The average Bonchev–Trinajstić information content (AvgIpc) is 2.83. The fourth-order valence-electron chi connectivity index (χ4n) is 3.25. The van der Waals surface area contributed by atoms with Crippen LogP contribution in [0.1, 0.15) is 30.5 Å². The second kappa shape index (κ2) is 13.5. The lowest BCUT2D eigenvalue weighted by atomic mass is 10.2. The van der Waals surface area contributed by atoms with Crippen molar-refractivity contribution < 1.29 is 18.9 Å². The highest BCUT2D eigenvalue weighted by molar-refractivity contribution is 5.39. The summed E-state index contributed by atoms with van der Waals surface area (Å²) in [5, 5.41) is 3.41. The van der Waals surface area contributed by atoms with Gasteiger partial charge in [-0.2, -0.15) is 0 Å². The maximum absolute atomic E-state index is 6.07. The molecule has 0 aliphatic carbocycles. The monoisotopic (exact) mass is 435 g/mol. The van der Waals surface area contributed by atoms with Gasteiger partial charge in [-0.15, -0.1) is 0 Å². The fourth-order valence-corrected chi connectivity index (χ4v) is 3.25. The molecule has 0 saturated carbocycles. The highest BCUT2D eigenvalue weighted by atomic mass is 16.7. The van der Waals surface area contributed by atoms with E-state index in [1.165, 1.54) is 0 Å². The van der Waals surface area contributed by atoms with E-state index >= 15 is 0 Å². The van der Waals surface area contributed by atoms with Crippen molar-refractivity contribution in [3.63, 3.8) is 0 Å². The first-order valence-corrected chi connectivity index (χ1v) is 11.2. The summed E-state index contributed by atoms with van der Waals surface area (Å²) in [5.74, 6) is 1.56. The molecular weight excluding hydrogens is 402 g/mol. The van der Waals surface area contributed by atoms with Gasteiger partial charge in [-0.05, 0) is 42.7 Å². The quantitative estimate of drug-likeness (QED) is 0.347. The molecule has 0 heterocycles. The Balaban J connectivity index is 1.65. The second-order valence-corrected chi connectivity index (χ2v) is 7.33. The van der Waals surface area contributed by atoms with Crippen molar-refractivity contribution in [2.24, 2.45) is 0 Å². The third-order valence-electron chi connectivity index (χ3n) is 4.78. The number of rotatable bonds is 14. The van der Waals surface area contributed by atoms with Gasteiger partial charge in [-0.1, -0.05) is 60.7 Å². The SMILES string of the molecule is CCOC(CNCc1cc(OCc2ccccc2)cc(OCc2ccccc2)c1)OCC. The predicted molar refractivity (Wildman–Crippen MR) is 127 cm³/mol. The minimum absolute atomic E-state index is 0.253. The summed E-state index contributed by atoms with van der Waals surface area (Å²) in [6.45, 7) is 7.45. The van der Waals surface area contributed by atoms with E-state index in [0.29, 0.717) is 39.5 Å². The molecule has 0 spiro atoms. The van der Waals surface area contributed by atoms with Gasteiger partial charge in [-0.25, -0.2) is 0 Å². The van der Waals surface area contributed by atoms with Crippen LogP contribution in [0.3, 0.4) is 0 Å². The first-order valence-electron chi connectivity index (χ1n) is 11.2. The summed E-state index contributed by atoms with van der Waals surface area (Å²) in [4.78, 5) is 0. The molecular formula is C27H33NO4. The molecule has 1 N–H and O–H groups in total. The molecule has 3 aromatic rings. The molecule has 0 unspecified atom stereocenters. The molecule has 32 heavy (non-hydrogen) atoms. The molecule has 3 aromatic carbocycles. The normalized spacial score (nSPS) is 11.0. The van der Waals surface area contributed by atoms with Crippen LogP contribution in [0.2, 0.25) is 0 Å². The molecule has 0 fully saturated rings. The largest absolute Gasteiger partial charge is 0.489 e. The van der Waals surface area contributed by atoms with Crippen LogP contribution in [0.15, 0.2) is 78.9 Å². The van der Waals surface area contributed by atoms with Crippen LogP contribution >= 0.6 is 0 Å². The number of ether oxygens (including phenoxy) is 4. The van der Waals surface area contributed by atoms with Crippen molar-refractivity contribution in [1.82, 2.24) is 5.32 Å². The Morgan fingerprint density at radius 3 is 1.62 bits per heavy atom. The third-order valence-corrected chi connectivity index (χ3v) is 4.78. The Labute approximate surface area is 191 Å². The van der Waals surface area contributed by atoms with Crippen molar-refractivity contribution in [2.75, 3.05) is 19.8 Å². The number of hydrogen-bond acceptors (Lipinski definition) is 5. The fraction of sp³-hybridized carbons (Fsp3) is 0.333. The Bertz CT molecular complexity index is 834. The third kappa shape index (κ3) is 8.35. The Morgan fingerprint density at radius 2 is 1.16 bits per heavy atom.